The molecule has 0 N–H and O–H groups in total. The average Bonchev–Trinajstić information content (AvgIpc) is 3.29. The SMILES string of the molecule is C[C@H](OC(=O)c1ccccc1COc1ccccc1)c1nnc(-c2ccc(F)cc2)o1. The number of benzene rings is 3. The predicted octanol–water partition coefficient (Wildman–Crippen LogP) is 5.37. The molecule has 1 aromatic heterocycles. The normalized spacial score (nSPS) is 11.7. The zero-order valence-electron chi connectivity index (χ0n) is 16.7. The van der Waals surface area contributed by atoms with Crippen LogP contribution in [0.2, 0.25) is 0 Å². The predicted molar refractivity (Wildman–Crippen MR) is 111 cm³/mol. The number of para-hydroxylation sites is 1. The molecular formula is C24H19FN2O4. The van der Waals surface area contributed by atoms with Crippen molar-refractivity contribution in [3.8, 4) is 17.2 Å². The fourth-order valence-corrected chi connectivity index (χ4v) is 2.91. The van der Waals surface area contributed by atoms with E-state index < -0.39 is 12.1 Å². The van der Waals surface area contributed by atoms with Crippen molar-refractivity contribution in [3.05, 3.63) is 102 Å². The van der Waals surface area contributed by atoms with Crippen LogP contribution >= 0.6 is 0 Å². The minimum absolute atomic E-state index is 0.144. The third-order valence-electron chi connectivity index (χ3n) is 4.54. The summed E-state index contributed by atoms with van der Waals surface area (Å²) in [5, 5.41) is 7.90. The Morgan fingerprint density at radius 3 is 2.45 bits per heavy atom. The Hall–Kier alpha value is -4.00. The van der Waals surface area contributed by atoms with Gasteiger partial charge >= 0.3 is 5.97 Å². The van der Waals surface area contributed by atoms with E-state index in [-0.39, 0.29) is 24.2 Å². The van der Waals surface area contributed by atoms with Crippen molar-refractivity contribution >= 4 is 5.97 Å². The summed E-state index contributed by atoms with van der Waals surface area (Å²) in [5.74, 6) is 0.181. The van der Waals surface area contributed by atoms with Gasteiger partial charge in [-0.2, -0.15) is 0 Å². The van der Waals surface area contributed by atoms with Crippen LogP contribution in [0.3, 0.4) is 0 Å². The molecule has 0 aliphatic heterocycles. The molecule has 0 fully saturated rings. The van der Waals surface area contributed by atoms with Crippen LogP contribution < -0.4 is 4.74 Å². The van der Waals surface area contributed by atoms with Gasteiger partial charge in [0.25, 0.3) is 5.89 Å². The van der Waals surface area contributed by atoms with Gasteiger partial charge in [0.15, 0.2) is 6.10 Å². The van der Waals surface area contributed by atoms with Gasteiger partial charge in [-0.3, -0.25) is 0 Å². The van der Waals surface area contributed by atoms with Gasteiger partial charge in [-0.25, -0.2) is 9.18 Å². The summed E-state index contributed by atoms with van der Waals surface area (Å²) in [6.45, 7) is 1.86. The maximum absolute atomic E-state index is 13.1. The Labute approximate surface area is 178 Å². The smallest absolute Gasteiger partial charge is 0.339 e. The van der Waals surface area contributed by atoms with E-state index in [1.165, 1.54) is 24.3 Å². The first-order valence-corrected chi connectivity index (χ1v) is 9.66. The molecule has 1 heterocycles. The van der Waals surface area contributed by atoms with Crippen LogP contribution in [0.5, 0.6) is 5.75 Å². The average molecular weight is 418 g/mol. The standard InChI is InChI=1S/C24H19FN2O4/c1-16(22-26-27-23(31-22)17-11-13-19(25)14-12-17)30-24(28)21-10-6-5-7-18(21)15-29-20-8-3-2-4-9-20/h2-14,16H,15H2,1H3/t16-/m0/s1. The molecule has 4 rings (SSSR count). The molecule has 3 aromatic carbocycles. The molecule has 31 heavy (non-hydrogen) atoms. The molecule has 0 radical (unpaired) electrons. The van der Waals surface area contributed by atoms with E-state index in [1.54, 1.807) is 19.1 Å². The summed E-state index contributed by atoms with van der Waals surface area (Å²) < 4.78 is 30.0. The van der Waals surface area contributed by atoms with E-state index in [2.05, 4.69) is 10.2 Å². The fourth-order valence-electron chi connectivity index (χ4n) is 2.91. The summed E-state index contributed by atoms with van der Waals surface area (Å²) >= 11 is 0. The summed E-state index contributed by atoms with van der Waals surface area (Å²) in [6, 6.07) is 22.1. The van der Waals surface area contributed by atoms with Gasteiger partial charge in [0.2, 0.25) is 5.89 Å². The third kappa shape index (κ3) is 4.95. The van der Waals surface area contributed by atoms with Gasteiger partial charge in [0.05, 0.1) is 5.56 Å². The van der Waals surface area contributed by atoms with Gasteiger partial charge < -0.3 is 13.9 Å². The van der Waals surface area contributed by atoms with Crippen molar-refractivity contribution in [3.63, 3.8) is 0 Å². The molecule has 0 bridgehead atoms. The molecule has 6 nitrogen and oxygen atoms in total. The zero-order valence-corrected chi connectivity index (χ0v) is 16.7. The number of aromatic nitrogens is 2. The van der Waals surface area contributed by atoms with Crippen LogP contribution in [0, 0.1) is 5.82 Å². The van der Waals surface area contributed by atoms with Crippen molar-refractivity contribution in [1.29, 1.82) is 0 Å². The lowest BCUT2D eigenvalue weighted by atomic mass is 10.1. The maximum atomic E-state index is 13.1. The first-order valence-electron chi connectivity index (χ1n) is 9.66. The number of ether oxygens (including phenoxy) is 2. The van der Waals surface area contributed by atoms with E-state index in [0.29, 0.717) is 22.4 Å². The highest BCUT2D eigenvalue weighted by Gasteiger charge is 2.21. The lowest BCUT2D eigenvalue weighted by Crippen LogP contribution is -2.12. The highest BCUT2D eigenvalue weighted by molar-refractivity contribution is 5.91. The van der Waals surface area contributed by atoms with Gasteiger partial charge in [-0.15, -0.1) is 10.2 Å². The van der Waals surface area contributed by atoms with Gasteiger partial charge in [-0.05, 0) is 49.4 Å². The lowest BCUT2D eigenvalue weighted by molar-refractivity contribution is 0.0277. The van der Waals surface area contributed by atoms with E-state index in [0.717, 1.165) is 0 Å². The molecular weight excluding hydrogens is 399 g/mol. The topological polar surface area (TPSA) is 74.5 Å². The number of hydrogen-bond acceptors (Lipinski definition) is 6. The van der Waals surface area contributed by atoms with E-state index in [4.69, 9.17) is 13.9 Å². The number of halogens is 1. The fraction of sp³-hybridized carbons (Fsp3) is 0.125. The van der Waals surface area contributed by atoms with Crippen LogP contribution in [0.15, 0.2) is 83.3 Å². The molecule has 0 spiro atoms. The Kier molecular flexibility index (Phi) is 6.03. The summed E-state index contributed by atoms with van der Waals surface area (Å²) in [5.41, 5.74) is 1.66. The van der Waals surface area contributed by atoms with Crippen LogP contribution in [0.1, 0.15) is 34.8 Å². The monoisotopic (exact) mass is 418 g/mol. The number of carbonyl (C=O) groups is 1. The van der Waals surface area contributed by atoms with E-state index in [9.17, 15) is 9.18 Å². The largest absolute Gasteiger partial charge is 0.489 e. The number of hydrogen-bond donors (Lipinski definition) is 0. The van der Waals surface area contributed by atoms with Crippen molar-refractivity contribution < 1.29 is 23.1 Å². The van der Waals surface area contributed by atoms with Gasteiger partial charge in [0.1, 0.15) is 18.2 Å². The van der Waals surface area contributed by atoms with Crippen LogP contribution in [0.4, 0.5) is 4.39 Å². The number of rotatable bonds is 7. The molecule has 0 unspecified atom stereocenters. The van der Waals surface area contributed by atoms with Crippen LogP contribution in [0.25, 0.3) is 11.5 Å². The van der Waals surface area contributed by atoms with Crippen LogP contribution in [-0.2, 0) is 11.3 Å². The molecule has 0 saturated heterocycles. The van der Waals surface area contributed by atoms with Gasteiger partial charge in [0, 0.05) is 11.1 Å². The Bertz CT molecular complexity index is 1160. The van der Waals surface area contributed by atoms with Crippen LogP contribution in [-0.4, -0.2) is 16.2 Å². The molecule has 0 aliphatic carbocycles. The summed E-state index contributed by atoms with van der Waals surface area (Å²) in [4.78, 5) is 12.8. The molecule has 1 atom stereocenters. The molecule has 0 aliphatic rings. The molecule has 4 aromatic rings. The lowest BCUT2D eigenvalue weighted by Gasteiger charge is -2.13. The summed E-state index contributed by atoms with van der Waals surface area (Å²) in [6.07, 6.45) is -0.766. The second-order valence-electron chi connectivity index (χ2n) is 6.76. The minimum atomic E-state index is -0.766. The Balaban J connectivity index is 1.44. The quantitative estimate of drug-likeness (QED) is 0.376. The van der Waals surface area contributed by atoms with Gasteiger partial charge in [-0.1, -0.05) is 36.4 Å². The molecule has 156 valence electrons. The number of nitrogens with zero attached hydrogens (tertiary/aromatic N) is 2. The highest BCUT2D eigenvalue weighted by Crippen LogP contribution is 2.24. The number of esters is 1. The van der Waals surface area contributed by atoms with E-state index in [1.807, 2.05) is 42.5 Å². The maximum Gasteiger partial charge on any atom is 0.339 e. The third-order valence-corrected chi connectivity index (χ3v) is 4.54. The Morgan fingerprint density at radius 2 is 1.68 bits per heavy atom. The van der Waals surface area contributed by atoms with Crippen molar-refractivity contribution in [1.82, 2.24) is 10.2 Å². The number of carbonyl (C=O) groups excluding carboxylic acids is 1. The Morgan fingerprint density at radius 1 is 0.968 bits per heavy atom. The van der Waals surface area contributed by atoms with E-state index >= 15 is 0 Å². The molecule has 7 heteroatoms. The highest BCUT2D eigenvalue weighted by atomic mass is 19.1. The van der Waals surface area contributed by atoms with Crippen molar-refractivity contribution in [2.24, 2.45) is 0 Å². The zero-order chi connectivity index (χ0) is 21.6. The second kappa shape index (κ2) is 9.21. The van der Waals surface area contributed by atoms with Crippen molar-refractivity contribution in [2.45, 2.75) is 19.6 Å². The minimum Gasteiger partial charge on any atom is -0.489 e. The second-order valence-corrected chi connectivity index (χ2v) is 6.76. The van der Waals surface area contributed by atoms with Crippen molar-refractivity contribution in [2.75, 3.05) is 0 Å². The summed E-state index contributed by atoms with van der Waals surface area (Å²) in [7, 11) is 0. The first kappa shape index (κ1) is 20.3. The first-order chi connectivity index (χ1) is 15.1. The molecule has 0 amide bonds. The molecule has 0 saturated carbocycles.